The summed E-state index contributed by atoms with van der Waals surface area (Å²) in [6.07, 6.45) is -1.60. The fraction of sp³-hybridized carbons (Fsp3) is 0.318. The van der Waals surface area contributed by atoms with Crippen LogP contribution in [0.4, 0.5) is 13.2 Å². The lowest BCUT2D eigenvalue weighted by atomic mass is 9.93. The highest BCUT2D eigenvalue weighted by molar-refractivity contribution is 5.98. The van der Waals surface area contributed by atoms with Crippen LogP contribution in [0.25, 0.3) is 32.5 Å². The van der Waals surface area contributed by atoms with Gasteiger partial charge in [-0.2, -0.15) is 13.2 Å². The molecule has 1 aromatic heterocycles. The van der Waals surface area contributed by atoms with Crippen LogP contribution in [-0.2, 0) is 6.18 Å². The Bertz CT molecular complexity index is 1160. The maximum absolute atomic E-state index is 13.9. The molecule has 3 aromatic rings. The number of carbonyl (C=O) groups is 1. The lowest BCUT2D eigenvalue weighted by Crippen LogP contribution is -2.39. The number of alkyl halides is 3. The SMILES string of the molecule is [N-]=[N+]=NCC1CCN(C(=O)c2ccc(-c3cccc4[nH]ccc34)c(C(F)(F)F)c2)CC1. The molecule has 0 unspecified atom stereocenters. The molecule has 4 rings (SSSR count). The van der Waals surface area contributed by atoms with E-state index >= 15 is 0 Å². The van der Waals surface area contributed by atoms with Crippen molar-refractivity contribution in [2.45, 2.75) is 19.0 Å². The maximum Gasteiger partial charge on any atom is 0.417 e. The minimum absolute atomic E-state index is 0.0193. The zero-order chi connectivity index (χ0) is 22.0. The van der Waals surface area contributed by atoms with E-state index in [1.165, 1.54) is 12.1 Å². The third-order valence-corrected chi connectivity index (χ3v) is 5.76. The smallest absolute Gasteiger partial charge is 0.361 e. The molecule has 0 saturated carbocycles. The van der Waals surface area contributed by atoms with Crippen LogP contribution in [0.1, 0.15) is 28.8 Å². The number of hydrogen-bond acceptors (Lipinski definition) is 2. The van der Waals surface area contributed by atoms with Gasteiger partial charge in [0.1, 0.15) is 0 Å². The molecule has 0 spiro atoms. The molecule has 0 atom stereocenters. The predicted molar refractivity (Wildman–Crippen MR) is 111 cm³/mol. The summed E-state index contributed by atoms with van der Waals surface area (Å²) >= 11 is 0. The number of piperidine rings is 1. The zero-order valence-corrected chi connectivity index (χ0v) is 16.6. The number of carbonyl (C=O) groups excluding carboxylic acids is 1. The van der Waals surface area contributed by atoms with Crippen molar-refractivity contribution in [3.63, 3.8) is 0 Å². The molecule has 2 heterocycles. The maximum atomic E-state index is 13.9. The molecule has 1 fully saturated rings. The summed E-state index contributed by atoms with van der Waals surface area (Å²) in [7, 11) is 0. The summed E-state index contributed by atoms with van der Waals surface area (Å²) in [4.78, 5) is 20.2. The minimum Gasteiger partial charge on any atom is -0.361 e. The molecule has 9 heteroatoms. The van der Waals surface area contributed by atoms with Crippen LogP contribution >= 0.6 is 0 Å². The van der Waals surface area contributed by atoms with Gasteiger partial charge in [-0.05, 0) is 59.7 Å². The molecule has 1 amide bonds. The normalized spacial score (nSPS) is 15.1. The molecule has 0 bridgehead atoms. The highest BCUT2D eigenvalue weighted by atomic mass is 19.4. The van der Waals surface area contributed by atoms with Crippen molar-refractivity contribution in [3.8, 4) is 11.1 Å². The number of likely N-dealkylation sites (tertiary alicyclic amines) is 1. The number of hydrogen-bond donors (Lipinski definition) is 1. The summed E-state index contributed by atoms with van der Waals surface area (Å²) in [5.74, 6) is -0.228. The number of fused-ring (bicyclic) bond motifs is 1. The van der Waals surface area contributed by atoms with Gasteiger partial charge < -0.3 is 9.88 Å². The number of halogens is 3. The molecular weight excluding hydrogens is 407 g/mol. The van der Waals surface area contributed by atoms with Gasteiger partial charge in [0.05, 0.1) is 5.56 Å². The molecule has 160 valence electrons. The Morgan fingerprint density at radius 3 is 2.65 bits per heavy atom. The van der Waals surface area contributed by atoms with Crippen molar-refractivity contribution < 1.29 is 18.0 Å². The first-order valence-electron chi connectivity index (χ1n) is 9.96. The van der Waals surface area contributed by atoms with Gasteiger partial charge in [0.25, 0.3) is 5.91 Å². The van der Waals surface area contributed by atoms with Crippen LogP contribution in [0, 0.1) is 5.92 Å². The van der Waals surface area contributed by atoms with Crippen LogP contribution < -0.4 is 0 Å². The van der Waals surface area contributed by atoms with Crippen molar-refractivity contribution >= 4 is 16.8 Å². The average Bonchev–Trinajstić information content (AvgIpc) is 3.25. The number of azide groups is 1. The van der Waals surface area contributed by atoms with Crippen LogP contribution in [-0.4, -0.2) is 35.4 Å². The van der Waals surface area contributed by atoms with Crippen LogP contribution in [0.15, 0.2) is 53.8 Å². The molecule has 1 N–H and O–H groups in total. The van der Waals surface area contributed by atoms with E-state index in [-0.39, 0.29) is 17.0 Å². The lowest BCUT2D eigenvalue weighted by molar-refractivity contribution is -0.137. The molecule has 0 radical (unpaired) electrons. The van der Waals surface area contributed by atoms with E-state index in [9.17, 15) is 18.0 Å². The van der Waals surface area contributed by atoms with E-state index in [2.05, 4.69) is 15.0 Å². The number of nitrogens with one attached hydrogen (secondary N) is 1. The number of H-pyrrole nitrogens is 1. The van der Waals surface area contributed by atoms with Crippen molar-refractivity contribution in [2.75, 3.05) is 19.6 Å². The third kappa shape index (κ3) is 4.22. The molecule has 1 aliphatic heterocycles. The standard InChI is InChI=1S/C22H20F3N5O/c23-22(24,25)19-12-15(21(31)30-10-7-14(8-11-30)13-28-29-26)4-5-17(19)16-2-1-3-20-18(16)6-9-27-20/h1-6,9,12,14,27H,7-8,10-11,13H2. The fourth-order valence-corrected chi connectivity index (χ4v) is 4.12. The summed E-state index contributed by atoms with van der Waals surface area (Å²) < 4.78 is 41.8. The Labute approximate surface area is 176 Å². The van der Waals surface area contributed by atoms with E-state index in [0.717, 1.165) is 11.6 Å². The van der Waals surface area contributed by atoms with Crippen molar-refractivity contribution in [1.82, 2.24) is 9.88 Å². The van der Waals surface area contributed by atoms with Crippen molar-refractivity contribution in [1.29, 1.82) is 0 Å². The van der Waals surface area contributed by atoms with Crippen LogP contribution in [0.5, 0.6) is 0 Å². The Balaban J connectivity index is 1.64. The topological polar surface area (TPSA) is 84.9 Å². The summed E-state index contributed by atoms with van der Waals surface area (Å²) in [5, 5.41) is 4.26. The lowest BCUT2D eigenvalue weighted by Gasteiger charge is -2.31. The van der Waals surface area contributed by atoms with Crippen LogP contribution in [0.2, 0.25) is 0 Å². The summed E-state index contributed by atoms with van der Waals surface area (Å²) in [6, 6.07) is 10.7. The molecular formula is C22H20F3N5O. The molecule has 6 nitrogen and oxygen atoms in total. The van der Waals surface area contributed by atoms with Gasteiger partial charge in [-0.25, -0.2) is 0 Å². The first kappa shape index (κ1) is 20.8. The Kier molecular flexibility index (Phi) is 5.61. The van der Waals surface area contributed by atoms with E-state index in [1.54, 1.807) is 35.4 Å². The Morgan fingerprint density at radius 1 is 1.16 bits per heavy atom. The fourth-order valence-electron chi connectivity index (χ4n) is 4.12. The number of aromatic amines is 1. The Morgan fingerprint density at radius 2 is 1.94 bits per heavy atom. The summed E-state index contributed by atoms with van der Waals surface area (Å²) in [5.41, 5.74) is 8.87. The molecule has 0 aliphatic carbocycles. The number of amides is 1. The Hall–Kier alpha value is -3.45. The number of rotatable bonds is 4. The minimum atomic E-state index is -4.60. The summed E-state index contributed by atoms with van der Waals surface area (Å²) in [6.45, 7) is 1.22. The van der Waals surface area contributed by atoms with E-state index in [0.29, 0.717) is 43.4 Å². The van der Waals surface area contributed by atoms with Crippen molar-refractivity contribution in [3.05, 3.63) is 70.2 Å². The third-order valence-electron chi connectivity index (χ3n) is 5.76. The first-order valence-corrected chi connectivity index (χ1v) is 9.96. The quantitative estimate of drug-likeness (QED) is 0.308. The van der Waals surface area contributed by atoms with E-state index < -0.39 is 17.6 Å². The molecule has 31 heavy (non-hydrogen) atoms. The highest BCUT2D eigenvalue weighted by Gasteiger charge is 2.35. The zero-order valence-electron chi connectivity index (χ0n) is 16.6. The van der Waals surface area contributed by atoms with Gasteiger partial charge in [0.15, 0.2) is 0 Å². The molecule has 2 aromatic carbocycles. The average molecular weight is 427 g/mol. The number of nitrogens with zero attached hydrogens (tertiary/aromatic N) is 4. The predicted octanol–water partition coefficient (Wildman–Crippen LogP) is 6.02. The van der Waals surface area contributed by atoms with Gasteiger partial charge in [-0.3, -0.25) is 4.79 Å². The van der Waals surface area contributed by atoms with Gasteiger partial charge in [0, 0.05) is 47.2 Å². The molecule has 1 aliphatic rings. The second-order valence-electron chi connectivity index (χ2n) is 7.65. The first-order chi connectivity index (χ1) is 14.9. The monoisotopic (exact) mass is 427 g/mol. The largest absolute Gasteiger partial charge is 0.417 e. The number of aromatic nitrogens is 1. The second-order valence-corrected chi connectivity index (χ2v) is 7.65. The van der Waals surface area contributed by atoms with Gasteiger partial charge in [0.2, 0.25) is 0 Å². The van der Waals surface area contributed by atoms with Gasteiger partial charge >= 0.3 is 6.18 Å². The van der Waals surface area contributed by atoms with E-state index in [4.69, 9.17) is 5.53 Å². The van der Waals surface area contributed by atoms with Crippen LogP contribution in [0.3, 0.4) is 0 Å². The van der Waals surface area contributed by atoms with Gasteiger partial charge in [-0.1, -0.05) is 23.3 Å². The highest BCUT2D eigenvalue weighted by Crippen LogP contribution is 2.40. The molecule has 1 saturated heterocycles. The second kappa shape index (κ2) is 8.35. The number of benzene rings is 2. The van der Waals surface area contributed by atoms with Gasteiger partial charge in [-0.15, -0.1) is 0 Å². The van der Waals surface area contributed by atoms with Crippen molar-refractivity contribution in [2.24, 2.45) is 11.0 Å². The van der Waals surface area contributed by atoms with E-state index in [1.807, 2.05) is 0 Å².